The Morgan fingerprint density at radius 2 is 2.05 bits per heavy atom. The van der Waals surface area contributed by atoms with Crippen LogP contribution in [0.5, 0.6) is 0 Å². The smallest absolute Gasteiger partial charge is 0.241 e. The molecule has 0 saturated carbocycles. The maximum Gasteiger partial charge on any atom is 0.241 e. The van der Waals surface area contributed by atoms with E-state index in [9.17, 15) is 4.79 Å². The molecule has 0 spiro atoms. The molecule has 0 aromatic heterocycles. The van der Waals surface area contributed by atoms with Gasteiger partial charge in [0.05, 0.1) is 0 Å². The van der Waals surface area contributed by atoms with Gasteiger partial charge in [0.2, 0.25) is 5.91 Å². The van der Waals surface area contributed by atoms with E-state index in [1.54, 1.807) is 0 Å². The standard InChI is InChI=1S/C16H24N2O2/c19-12-6-2-1-5-10-18-16(20)15-14-8-4-3-7-13(14)9-11-17-15/h3-4,7-8,15,17,19H,1-2,5-6,9-12H2,(H,18,20). The van der Waals surface area contributed by atoms with Crippen molar-refractivity contribution in [2.45, 2.75) is 38.1 Å². The second kappa shape index (κ2) is 8.02. The van der Waals surface area contributed by atoms with Crippen molar-refractivity contribution < 1.29 is 9.90 Å². The first kappa shape index (κ1) is 15.0. The van der Waals surface area contributed by atoms with E-state index < -0.39 is 0 Å². The van der Waals surface area contributed by atoms with E-state index in [-0.39, 0.29) is 18.6 Å². The average Bonchev–Trinajstić information content (AvgIpc) is 2.50. The maximum atomic E-state index is 12.2. The van der Waals surface area contributed by atoms with Gasteiger partial charge in [-0.2, -0.15) is 0 Å². The summed E-state index contributed by atoms with van der Waals surface area (Å²) in [7, 11) is 0. The van der Waals surface area contributed by atoms with Crippen molar-refractivity contribution in [3.8, 4) is 0 Å². The summed E-state index contributed by atoms with van der Waals surface area (Å²) in [6.07, 6.45) is 4.89. The largest absolute Gasteiger partial charge is 0.396 e. The van der Waals surface area contributed by atoms with Crippen LogP contribution in [0.3, 0.4) is 0 Å². The van der Waals surface area contributed by atoms with Gasteiger partial charge in [0.1, 0.15) is 6.04 Å². The molecule has 1 aliphatic heterocycles. The minimum atomic E-state index is -0.211. The molecule has 110 valence electrons. The highest BCUT2D eigenvalue weighted by atomic mass is 16.2. The number of carbonyl (C=O) groups is 1. The van der Waals surface area contributed by atoms with E-state index in [1.165, 1.54) is 5.56 Å². The van der Waals surface area contributed by atoms with Crippen molar-refractivity contribution in [1.82, 2.24) is 10.6 Å². The van der Waals surface area contributed by atoms with Crippen LogP contribution in [0.4, 0.5) is 0 Å². The fourth-order valence-electron chi connectivity index (χ4n) is 2.64. The number of benzene rings is 1. The Balaban J connectivity index is 1.79. The number of fused-ring (bicyclic) bond motifs is 1. The van der Waals surface area contributed by atoms with Gasteiger partial charge in [-0.25, -0.2) is 0 Å². The second-order valence-corrected chi connectivity index (χ2v) is 5.26. The highest BCUT2D eigenvalue weighted by Crippen LogP contribution is 2.22. The van der Waals surface area contributed by atoms with Crippen molar-refractivity contribution in [2.75, 3.05) is 19.7 Å². The van der Waals surface area contributed by atoms with Crippen LogP contribution in [0, 0.1) is 0 Å². The Labute approximate surface area is 120 Å². The van der Waals surface area contributed by atoms with Gasteiger partial charge in [0, 0.05) is 19.7 Å². The summed E-state index contributed by atoms with van der Waals surface area (Å²) < 4.78 is 0. The molecule has 1 unspecified atom stereocenters. The topological polar surface area (TPSA) is 61.4 Å². The molecule has 20 heavy (non-hydrogen) atoms. The van der Waals surface area contributed by atoms with Gasteiger partial charge in [0.25, 0.3) is 0 Å². The predicted octanol–water partition coefficient (Wildman–Crippen LogP) is 1.54. The third-order valence-electron chi connectivity index (χ3n) is 3.76. The van der Waals surface area contributed by atoms with Crippen LogP contribution in [0.15, 0.2) is 24.3 Å². The average molecular weight is 276 g/mol. The van der Waals surface area contributed by atoms with Crippen LogP contribution in [0.2, 0.25) is 0 Å². The highest BCUT2D eigenvalue weighted by molar-refractivity contribution is 5.83. The zero-order valence-electron chi connectivity index (χ0n) is 11.9. The zero-order chi connectivity index (χ0) is 14.2. The number of aliphatic hydroxyl groups is 1. The third kappa shape index (κ3) is 4.05. The minimum absolute atomic E-state index is 0.0688. The lowest BCUT2D eigenvalue weighted by Gasteiger charge is -2.26. The molecule has 0 radical (unpaired) electrons. The molecule has 1 aliphatic rings. The Bertz CT molecular complexity index is 434. The van der Waals surface area contributed by atoms with Crippen molar-refractivity contribution in [1.29, 1.82) is 0 Å². The van der Waals surface area contributed by atoms with Crippen molar-refractivity contribution in [2.24, 2.45) is 0 Å². The third-order valence-corrected chi connectivity index (χ3v) is 3.76. The first-order chi connectivity index (χ1) is 9.83. The number of hydrogen-bond acceptors (Lipinski definition) is 3. The van der Waals surface area contributed by atoms with Gasteiger partial charge < -0.3 is 15.7 Å². The van der Waals surface area contributed by atoms with Gasteiger partial charge >= 0.3 is 0 Å². The predicted molar refractivity (Wildman–Crippen MR) is 79.5 cm³/mol. The molecule has 0 saturated heterocycles. The lowest BCUT2D eigenvalue weighted by atomic mass is 9.94. The number of hydrogen-bond donors (Lipinski definition) is 3. The summed E-state index contributed by atoms with van der Waals surface area (Å²) in [6, 6.07) is 7.94. The fraction of sp³-hybridized carbons (Fsp3) is 0.562. The minimum Gasteiger partial charge on any atom is -0.396 e. The van der Waals surface area contributed by atoms with Gasteiger partial charge in [-0.1, -0.05) is 37.1 Å². The van der Waals surface area contributed by atoms with Crippen molar-refractivity contribution >= 4 is 5.91 Å². The number of nitrogens with one attached hydrogen (secondary N) is 2. The Morgan fingerprint density at radius 1 is 1.25 bits per heavy atom. The van der Waals surface area contributed by atoms with E-state index in [2.05, 4.69) is 16.7 Å². The summed E-state index contributed by atoms with van der Waals surface area (Å²) in [4.78, 5) is 12.2. The Kier molecular flexibility index (Phi) is 6.02. The molecule has 0 bridgehead atoms. The number of aliphatic hydroxyl groups excluding tert-OH is 1. The highest BCUT2D eigenvalue weighted by Gasteiger charge is 2.25. The summed E-state index contributed by atoms with van der Waals surface area (Å²) >= 11 is 0. The summed E-state index contributed by atoms with van der Waals surface area (Å²) in [5, 5.41) is 15.0. The number of carbonyl (C=O) groups excluding carboxylic acids is 1. The van der Waals surface area contributed by atoms with E-state index in [0.29, 0.717) is 6.54 Å². The van der Waals surface area contributed by atoms with E-state index >= 15 is 0 Å². The molecule has 3 N–H and O–H groups in total. The first-order valence-corrected chi connectivity index (χ1v) is 7.52. The molecule has 4 heteroatoms. The van der Waals surface area contributed by atoms with Crippen molar-refractivity contribution in [3.63, 3.8) is 0 Å². The Hall–Kier alpha value is -1.39. The van der Waals surface area contributed by atoms with Crippen molar-refractivity contribution in [3.05, 3.63) is 35.4 Å². The number of amides is 1. The van der Waals surface area contributed by atoms with Gasteiger partial charge in [0.15, 0.2) is 0 Å². The monoisotopic (exact) mass is 276 g/mol. The fourth-order valence-corrected chi connectivity index (χ4v) is 2.64. The molecule has 2 rings (SSSR count). The van der Waals surface area contributed by atoms with Crippen LogP contribution in [0.25, 0.3) is 0 Å². The molecule has 1 aromatic carbocycles. The molecule has 1 atom stereocenters. The molecule has 4 nitrogen and oxygen atoms in total. The Morgan fingerprint density at radius 3 is 2.90 bits per heavy atom. The lowest BCUT2D eigenvalue weighted by Crippen LogP contribution is -2.41. The molecule has 0 aliphatic carbocycles. The van der Waals surface area contributed by atoms with Crippen LogP contribution in [-0.4, -0.2) is 30.7 Å². The van der Waals surface area contributed by atoms with Gasteiger partial charge in [-0.05, 0) is 30.4 Å². The van der Waals surface area contributed by atoms with Crippen LogP contribution >= 0.6 is 0 Å². The van der Waals surface area contributed by atoms with Gasteiger partial charge in [-0.3, -0.25) is 4.79 Å². The van der Waals surface area contributed by atoms with E-state index in [4.69, 9.17) is 5.11 Å². The van der Waals surface area contributed by atoms with Crippen LogP contribution in [-0.2, 0) is 11.2 Å². The van der Waals surface area contributed by atoms with Crippen LogP contribution in [0.1, 0.15) is 42.9 Å². The summed E-state index contributed by atoms with van der Waals surface area (Å²) in [6.45, 7) is 1.82. The molecular formula is C16H24N2O2. The molecule has 1 amide bonds. The van der Waals surface area contributed by atoms with E-state index in [1.807, 2.05) is 18.2 Å². The molecule has 1 heterocycles. The molecule has 1 aromatic rings. The quantitative estimate of drug-likeness (QED) is 0.662. The van der Waals surface area contributed by atoms with Crippen LogP contribution < -0.4 is 10.6 Å². The van der Waals surface area contributed by atoms with E-state index in [0.717, 1.165) is 44.2 Å². The first-order valence-electron chi connectivity index (χ1n) is 7.52. The number of rotatable bonds is 7. The number of unbranched alkanes of at least 4 members (excludes halogenated alkanes) is 3. The molecular weight excluding hydrogens is 252 g/mol. The maximum absolute atomic E-state index is 12.2. The zero-order valence-corrected chi connectivity index (χ0v) is 11.9. The normalized spacial score (nSPS) is 17.6. The lowest BCUT2D eigenvalue weighted by molar-refractivity contribution is -0.123. The summed E-state index contributed by atoms with van der Waals surface area (Å²) in [5.41, 5.74) is 2.38. The second-order valence-electron chi connectivity index (χ2n) is 5.26. The SMILES string of the molecule is O=C(NCCCCCCO)C1NCCc2ccccc21. The summed E-state index contributed by atoms with van der Waals surface area (Å²) in [5.74, 6) is 0.0688. The molecule has 0 fully saturated rings. The van der Waals surface area contributed by atoms with Gasteiger partial charge in [-0.15, -0.1) is 0 Å².